The second-order valence-electron chi connectivity index (χ2n) is 3.66. The Morgan fingerprint density at radius 1 is 1.53 bits per heavy atom. The molecule has 4 heteroatoms. The van der Waals surface area contributed by atoms with Crippen molar-refractivity contribution in [2.75, 3.05) is 5.32 Å². The molecule has 0 aliphatic heterocycles. The molecular weight excluding hydrogens is 188 g/mol. The Balaban J connectivity index is 2.77. The zero-order valence-electron chi connectivity index (χ0n) is 9.41. The molecule has 1 aromatic heterocycles. The van der Waals surface area contributed by atoms with Crippen molar-refractivity contribution in [3.05, 3.63) is 17.5 Å². The number of aryl methyl sites for hydroxylation is 1. The molecule has 0 aliphatic carbocycles. The van der Waals surface area contributed by atoms with Gasteiger partial charge in [-0.25, -0.2) is 9.97 Å². The van der Waals surface area contributed by atoms with E-state index in [0.29, 0.717) is 17.7 Å². The number of nitrogens with zero attached hydrogens (tertiary/aromatic N) is 3. The first kappa shape index (κ1) is 11.4. The van der Waals surface area contributed by atoms with Crippen LogP contribution in [-0.4, -0.2) is 16.0 Å². The highest BCUT2D eigenvalue weighted by Crippen LogP contribution is 2.07. The minimum absolute atomic E-state index is 0.336. The van der Waals surface area contributed by atoms with Crippen LogP contribution >= 0.6 is 0 Å². The predicted octanol–water partition coefficient (Wildman–Crippen LogP) is 2.26. The summed E-state index contributed by atoms with van der Waals surface area (Å²) in [7, 11) is 0. The van der Waals surface area contributed by atoms with E-state index in [1.165, 1.54) is 0 Å². The van der Waals surface area contributed by atoms with Gasteiger partial charge in [-0.1, -0.05) is 13.3 Å². The maximum absolute atomic E-state index is 8.76. The Morgan fingerprint density at radius 3 is 2.87 bits per heavy atom. The summed E-state index contributed by atoms with van der Waals surface area (Å²) in [6.45, 7) is 6.08. The van der Waals surface area contributed by atoms with E-state index < -0.39 is 0 Å². The number of aromatic nitrogens is 2. The van der Waals surface area contributed by atoms with Crippen molar-refractivity contribution in [3.63, 3.8) is 0 Å². The number of hydrogen-bond acceptors (Lipinski definition) is 4. The summed E-state index contributed by atoms with van der Waals surface area (Å²) >= 11 is 0. The number of rotatable bonds is 4. The first-order chi connectivity index (χ1) is 7.15. The van der Waals surface area contributed by atoms with Crippen LogP contribution in [0.4, 0.5) is 5.95 Å². The third kappa shape index (κ3) is 3.55. The lowest BCUT2D eigenvalue weighted by Crippen LogP contribution is -2.17. The fourth-order valence-electron chi connectivity index (χ4n) is 1.42. The minimum Gasteiger partial charge on any atom is -0.352 e. The van der Waals surface area contributed by atoms with E-state index in [9.17, 15) is 0 Å². The molecule has 0 fully saturated rings. The number of nitriles is 1. The van der Waals surface area contributed by atoms with Gasteiger partial charge in [-0.15, -0.1) is 0 Å². The van der Waals surface area contributed by atoms with Crippen molar-refractivity contribution in [1.82, 2.24) is 9.97 Å². The molecule has 1 atom stereocenters. The minimum atomic E-state index is 0.336. The molecule has 0 radical (unpaired) electrons. The molecule has 1 aromatic rings. The molecule has 15 heavy (non-hydrogen) atoms. The second-order valence-corrected chi connectivity index (χ2v) is 3.66. The first-order valence-electron chi connectivity index (χ1n) is 5.18. The first-order valence-corrected chi connectivity index (χ1v) is 5.18. The van der Waals surface area contributed by atoms with Crippen molar-refractivity contribution >= 4 is 5.95 Å². The average Bonchev–Trinajstić information content (AvgIpc) is 2.17. The van der Waals surface area contributed by atoms with Gasteiger partial charge < -0.3 is 5.32 Å². The summed E-state index contributed by atoms with van der Waals surface area (Å²) in [6, 6.07) is 4.04. The Labute approximate surface area is 90.4 Å². The monoisotopic (exact) mass is 204 g/mol. The largest absolute Gasteiger partial charge is 0.352 e. The quantitative estimate of drug-likeness (QED) is 0.817. The molecule has 80 valence electrons. The average molecular weight is 204 g/mol. The topological polar surface area (TPSA) is 61.6 Å². The van der Waals surface area contributed by atoms with E-state index in [-0.39, 0.29) is 0 Å². The third-order valence-electron chi connectivity index (χ3n) is 2.07. The maximum Gasteiger partial charge on any atom is 0.224 e. The molecule has 1 N–H and O–H groups in total. The van der Waals surface area contributed by atoms with Crippen molar-refractivity contribution in [1.29, 1.82) is 5.26 Å². The smallest absolute Gasteiger partial charge is 0.224 e. The van der Waals surface area contributed by atoms with Gasteiger partial charge in [-0.3, -0.25) is 0 Å². The molecule has 1 rings (SSSR count). The number of hydrogen-bond donors (Lipinski definition) is 1. The van der Waals surface area contributed by atoms with E-state index in [4.69, 9.17) is 5.26 Å². The van der Waals surface area contributed by atoms with Crippen molar-refractivity contribution in [2.24, 2.45) is 0 Å². The van der Waals surface area contributed by atoms with Crippen LogP contribution in [0.5, 0.6) is 0 Å². The molecule has 1 heterocycles. The van der Waals surface area contributed by atoms with Crippen LogP contribution in [0.3, 0.4) is 0 Å². The summed E-state index contributed by atoms with van der Waals surface area (Å²) < 4.78 is 0. The van der Waals surface area contributed by atoms with E-state index in [2.05, 4.69) is 29.1 Å². The Morgan fingerprint density at radius 2 is 2.27 bits per heavy atom. The molecule has 0 amide bonds. The van der Waals surface area contributed by atoms with Gasteiger partial charge in [0.25, 0.3) is 0 Å². The normalized spacial score (nSPS) is 11.9. The molecule has 1 unspecified atom stereocenters. The summed E-state index contributed by atoms with van der Waals surface area (Å²) in [5.41, 5.74) is 1.22. The highest BCUT2D eigenvalue weighted by atomic mass is 15.1. The van der Waals surface area contributed by atoms with Crippen LogP contribution in [-0.2, 0) is 0 Å². The Bertz CT molecular complexity index is 367. The van der Waals surface area contributed by atoms with Crippen LogP contribution in [0.25, 0.3) is 0 Å². The Kier molecular flexibility index (Phi) is 4.04. The van der Waals surface area contributed by atoms with Crippen molar-refractivity contribution in [2.45, 2.75) is 39.7 Å². The summed E-state index contributed by atoms with van der Waals surface area (Å²) in [5, 5.41) is 11.9. The highest BCUT2D eigenvalue weighted by molar-refractivity contribution is 5.33. The van der Waals surface area contributed by atoms with E-state index in [1.54, 1.807) is 6.07 Å². The zero-order chi connectivity index (χ0) is 11.3. The summed E-state index contributed by atoms with van der Waals surface area (Å²) in [4.78, 5) is 8.32. The standard InChI is InChI=1S/C11H16N4/c1-4-5-8(2)13-11-14-9(3)6-10(7-12)15-11/h6,8H,4-5H2,1-3H3,(H,13,14,15). The van der Waals surface area contributed by atoms with Crippen LogP contribution in [0.1, 0.15) is 38.1 Å². The van der Waals surface area contributed by atoms with E-state index >= 15 is 0 Å². The highest BCUT2D eigenvalue weighted by Gasteiger charge is 2.05. The van der Waals surface area contributed by atoms with Gasteiger partial charge in [0.2, 0.25) is 5.95 Å². The molecule has 0 bridgehead atoms. The van der Waals surface area contributed by atoms with Gasteiger partial charge in [0.05, 0.1) is 0 Å². The van der Waals surface area contributed by atoms with Gasteiger partial charge >= 0.3 is 0 Å². The second kappa shape index (κ2) is 5.30. The van der Waals surface area contributed by atoms with Crippen LogP contribution in [0.15, 0.2) is 6.07 Å². The van der Waals surface area contributed by atoms with Crippen LogP contribution in [0, 0.1) is 18.3 Å². The molecule has 0 spiro atoms. The molecule has 0 aliphatic rings. The summed E-state index contributed by atoms with van der Waals surface area (Å²) in [6.07, 6.45) is 2.18. The molecule has 0 aromatic carbocycles. The third-order valence-corrected chi connectivity index (χ3v) is 2.07. The maximum atomic E-state index is 8.76. The van der Waals surface area contributed by atoms with Crippen LogP contribution in [0.2, 0.25) is 0 Å². The van der Waals surface area contributed by atoms with E-state index in [1.807, 2.05) is 13.0 Å². The van der Waals surface area contributed by atoms with Gasteiger partial charge in [-0.05, 0) is 26.3 Å². The molecule has 0 saturated heterocycles. The Hall–Kier alpha value is -1.63. The predicted molar refractivity (Wildman–Crippen MR) is 59.5 cm³/mol. The SMILES string of the molecule is CCCC(C)Nc1nc(C)cc(C#N)n1. The van der Waals surface area contributed by atoms with Crippen molar-refractivity contribution < 1.29 is 0 Å². The lowest BCUT2D eigenvalue weighted by atomic mass is 10.2. The number of nitrogens with one attached hydrogen (secondary N) is 1. The van der Waals surface area contributed by atoms with Gasteiger partial charge in [-0.2, -0.15) is 5.26 Å². The lowest BCUT2D eigenvalue weighted by molar-refractivity contribution is 0.683. The molecule has 4 nitrogen and oxygen atoms in total. The lowest BCUT2D eigenvalue weighted by Gasteiger charge is -2.12. The molecule has 0 saturated carbocycles. The van der Waals surface area contributed by atoms with Gasteiger partial charge in [0.1, 0.15) is 11.8 Å². The van der Waals surface area contributed by atoms with Crippen molar-refractivity contribution in [3.8, 4) is 6.07 Å². The van der Waals surface area contributed by atoms with Gasteiger partial charge in [0.15, 0.2) is 0 Å². The van der Waals surface area contributed by atoms with E-state index in [0.717, 1.165) is 18.5 Å². The number of anilines is 1. The fraction of sp³-hybridized carbons (Fsp3) is 0.545. The fourth-order valence-corrected chi connectivity index (χ4v) is 1.42. The molecular formula is C11H16N4. The summed E-state index contributed by atoms with van der Waals surface area (Å²) in [5.74, 6) is 0.549. The zero-order valence-corrected chi connectivity index (χ0v) is 9.41. The van der Waals surface area contributed by atoms with Crippen LogP contribution < -0.4 is 5.32 Å². The van der Waals surface area contributed by atoms with Gasteiger partial charge in [0, 0.05) is 11.7 Å².